The number of halogens is 1. The molecular formula is C11H11FN2. The first-order valence-electron chi connectivity index (χ1n) is 4.45. The number of hydrogen-bond donors (Lipinski definition) is 1. The van der Waals surface area contributed by atoms with E-state index in [2.05, 4.69) is 10.2 Å². The van der Waals surface area contributed by atoms with Crippen LogP contribution in [-0.4, -0.2) is 10.2 Å². The molecule has 2 rings (SSSR count). The van der Waals surface area contributed by atoms with Gasteiger partial charge in [0, 0.05) is 11.3 Å². The van der Waals surface area contributed by atoms with Crippen molar-refractivity contribution >= 4 is 0 Å². The Morgan fingerprint density at radius 3 is 2.64 bits per heavy atom. The highest BCUT2D eigenvalue weighted by Crippen LogP contribution is 2.23. The molecule has 0 unspecified atom stereocenters. The van der Waals surface area contributed by atoms with Crippen LogP contribution in [0.4, 0.5) is 4.39 Å². The highest BCUT2D eigenvalue weighted by Gasteiger charge is 2.05. The molecule has 1 aromatic carbocycles. The Bertz CT molecular complexity index is 460. The number of H-pyrrole nitrogens is 1. The van der Waals surface area contributed by atoms with Gasteiger partial charge in [0.25, 0.3) is 0 Å². The lowest BCUT2D eigenvalue weighted by molar-refractivity contribution is 0.619. The zero-order valence-electron chi connectivity index (χ0n) is 8.13. The summed E-state index contributed by atoms with van der Waals surface area (Å²) in [5.41, 5.74) is 3.42. The fourth-order valence-electron chi connectivity index (χ4n) is 1.40. The molecule has 0 saturated carbocycles. The van der Waals surface area contributed by atoms with Crippen LogP contribution in [0.2, 0.25) is 0 Å². The second kappa shape index (κ2) is 3.25. The van der Waals surface area contributed by atoms with Gasteiger partial charge < -0.3 is 0 Å². The van der Waals surface area contributed by atoms with Crippen LogP contribution in [0, 0.1) is 19.7 Å². The van der Waals surface area contributed by atoms with E-state index in [1.54, 1.807) is 19.2 Å². The van der Waals surface area contributed by atoms with Crippen LogP contribution in [0.3, 0.4) is 0 Å². The summed E-state index contributed by atoms with van der Waals surface area (Å²) < 4.78 is 13.3. The molecule has 0 saturated heterocycles. The van der Waals surface area contributed by atoms with Crippen molar-refractivity contribution in [1.29, 1.82) is 0 Å². The molecule has 0 aliphatic carbocycles. The number of nitrogens with zero attached hydrogens (tertiary/aromatic N) is 1. The third kappa shape index (κ3) is 1.41. The first-order chi connectivity index (χ1) is 6.68. The Balaban J connectivity index is 2.53. The van der Waals surface area contributed by atoms with Crippen molar-refractivity contribution in [3.05, 3.63) is 41.5 Å². The molecule has 0 atom stereocenters. The highest BCUT2D eigenvalue weighted by atomic mass is 19.1. The standard InChI is InChI=1S/C11H11FN2/c1-7-3-4-9(5-11(7)12)10-6-13-14-8(10)2/h3-6H,1-2H3,(H,13,14). The van der Waals surface area contributed by atoms with Crippen molar-refractivity contribution in [2.45, 2.75) is 13.8 Å². The molecule has 0 amide bonds. The smallest absolute Gasteiger partial charge is 0.126 e. The summed E-state index contributed by atoms with van der Waals surface area (Å²) in [5.74, 6) is -0.178. The predicted molar refractivity (Wildman–Crippen MR) is 53.5 cm³/mol. The van der Waals surface area contributed by atoms with E-state index >= 15 is 0 Å². The highest BCUT2D eigenvalue weighted by molar-refractivity contribution is 5.65. The average molecular weight is 190 g/mol. The predicted octanol–water partition coefficient (Wildman–Crippen LogP) is 2.83. The minimum Gasteiger partial charge on any atom is -0.282 e. The third-order valence-electron chi connectivity index (χ3n) is 2.31. The average Bonchev–Trinajstić information content (AvgIpc) is 2.57. The lowest BCUT2D eigenvalue weighted by Gasteiger charge is -2.01. The number of aryl methyl sites for hydroxylation is 2. The second-order valence-electron chi connectivity index (χ2n) is 3.37. The van der Waals surface area contributed by atoms with Crippen molar-refractivity contribution in [1.82, 2.24) is 10.2 Å². The van der Waals surface area contributed by atoms with Gasteiger partial charge in [-0.05, 0) is 31.0 Å². The van der Waals surface area contributed by atoms with Gasteiger partial charge in [-0.25, -0.2) is 4.39 Å². The summed E-state index contributed by atoms with van der Waals surface area (Å²) >= 11 is 0. The fourth-order valence-corrected chi connectivity index (χ4v) is 1.40. The van der Waals surface area contributed by atoms with Crippen LogP contribution < -0.4 is 0 Å². The zero-order chi connectivity index (χ0) is 10.1. The van der Waals surface area contributed by atoms with Gasteiger partial charge in [-0.3, -0.25) is 5.10 Å². The minimum absolute atomic E-state index is 0.178. The molecule has 2 nitrogen and oxygen atoms in total. The van der Waals surface area contributed by atoms with Gasteiger partial charge in [-0.2, -0.15) is 5.10 Å². The molecule has 1 N–H and O–H groups in total. The van der Waals surface area contributed by atoms with E-state index in [4.69, 9.17) is 0 Å². The monoisotopic (exact) mass is 190 g/mol. The maximum absolute atomic E-state index is 13.3. The molecule has 0 bridgehead atoms. The number of benzene rings is 1. The van der Waals surface area contributed by atoms with Crippen molar-refractivity contribution in [3.8, 4) is 11.1 Å². The van der Waals surface area contributed by atoms with Gasteiger partial charge in [0.15, 0.2) is 0 Å². The van der Waals surface area contributed by atoms with Crippen LogP contribution in [0.1, 0.15) is 11.3 Å². The molecule has 0 spiro atoms. The van der Waals surface area contributed by atoms with Crippen LogP contribution in [0.15, 0.2) is 24.4 Å². The maximum Gasteiger partial charge on any atom is 0.126 e. The summed E-state index contributed by atoms with van der Waals surface area (Å²) in [6, 6.07) is 5.21. The molecule has 1 aromatic heterocycles. The number of rotatable bonds is 1. The molecule has 72 valence electrons. The molecule has 0 aliphatic heterocycles. The van der Waals surface area contributed by atoms with Gasteiger partial charge in [0.05, 0.1) is 6.20 Å². The summed E-state index contributed by atoms with van der Waals surface area (Å²) in [5, 5.41) is 6.73. The number of nitrogens with one attached hydrogen (secondary N) is 1. The molecule has 3 heteroatoms. The summed E-state index contributed by atoms with van der Waals surface area (Å²) in [6.45, 7) is 3.67. The van der Waals surface area contributed by atoms with Crippen molar-refractivity contribution in [2.75, 3.05) is 0 Å². The first-order valence-corrected chi connectivity index (χ1v) is 4.45. The summed E-state index contributed by atoms with van der Waals surface area (Å²) in [7, 11) is 0. The van der Waals surface area contributed by atoms with Crippen LogP contribution in [-0.2, 0) is 0 Å². The number of aromatic amines is 1. The third-order valence-corrected chi connectivity index (χ3v) is 2.31. The summed E-state index contributed by atoms with van der Waals surface area (Å²) in [6.07, 6.45) is 1.71. The lowest BCUT2D eigenvalue weighted by atomic mass is 10.1. The molecule has 14 heavy (non-hydrogen) atoms. The number of hydrogen-bond acceptors (Lipinski definition) is 1. The first kappa shape index (κ1) is 8.94. The topological polar surface area (TPSA) is 28.7 Å². The minimum atomic E-state index is -0.178. The van der Waals surface area contributed by atoms with E-state index in [0.29, 0.717) is 5.56 Å². The van der Waals surface area contributed by atoms with Gasteiger partial charge in [-0.15, -0.1) is 0 Å². The van der Waals surface area contributed by atoms with E-state index in [1.165, 1.54) is 6.07 Å². The molecule has 1 heterocycles. The molecule has 0 radical (unpaired) electrons. The van der Waals surface area contributed by atoms with E-state index in [0.717, 1.165) is 16.8 Å². The molecule has 0 fully saturated rings. The molecular weight excluding hydrogens is 179 g/mol. The Morgan fingerprint density at radius 2 is 2.07 bits per heavy atom. The van der Waals surface area contributed by atoms with Gasteiger partial charge in [-0.1, -0.05) is 12.1 Å². The van der Waals surface area contributed by atoms with Gasteiger partial charge >= 0.3 is 0 Å². The largest absolute Gasteiger partial charge is 0.282 e. The fraction of sp³-hybridized carbons (Fsp3) is 0.182. The lowest BCUT2D eigenvalue weighted by Crippen LogP contribution is -1.84. The van der Waals surface area contributed by atoms with Gasteiger partial charge in [0.2, 0.25) is 0 Å². The quantitative estimate of drug-likeness (QED) is 0.736. The second-order valence-corrected chi connectivity index (χ2v) is 3.37. The van der Waals surface area contributed by atoms with E-state index in [1.807, 2.05) is 13.0 Å². The van der Waals surface area contributed by atoms with Crippen LogP contribution in [0.5, 0.6) is 0 Å². The van der Waals surface area contributed by atoms with Gasteiger partial charge in [0.1, 0.15) is 5.82 Å². The summed E-state index contributed by atoms with van der Waals surface area (Å²) in [4.78, 5) is 0. The van der Waals surface area contributed by atoms with E-state index in [-0.39, 0.29) is 5.82 Å². The van der Waals surface area contributed by atoms with Crippen LogP contribution in [0.25, 0.3) is 11.1 Å². The Kier molecular flexibility index (Phi) is 2.08. The van der Waals surface area contributed by atoms with Crippen molar-refractivity contribution < 1.29 is 4.39 Å². The maximum atomic E-state index is 13.3. The van der Waals surface area contributed by atoms with Crippen molar-refractivity contribution in [3.63, 3.8) is 0 Å². The number of aromatic nitrogens is 2. The zero-order valence-corrected chi connectivity index (χ0v) is 8.13. The Labute approximate surface area is 81.8 Å². The Hall–Kier alpha value is -1.64. The molecule has 0 aliphatic rings. The normalized spacial score (nSPS) is 10.5. The SMILES string of the molecule is Cc1ccc(-c2cn[nH]c2C)cc1F. The molecule has 2 aromatic rings. The van der Waals surface area contributed by atoms with E-state index < -0.39 is 0 Å². The Morgan fingerprint density at radius 1 is 1.29 bits per heavy atom. The van der Waals surface area contributed by atoms with E-state index in [9.17, 15) is 4.39 Å². The van der Waals surface area contributed by atoms with Crippen LogP contribution >= 0.6 is 0 Å². The van der Waals surface area contributed by atoms with Crippen molar-refractivity contribution in [2.24, 2.45) is 0 Å².